The summed E-state index contributed by atoms with van der Waals surface area (Å²) in [5.74, 6) is 0. The molecular formula is C29H34N6O2. The number of pyridine rings is 3. The van der Waals surface area contributed by atoms with E-state index in [0.29, 0.717) is 29.5 Å². The predicted molar refractivity (Wildman–Crippen MR) is 144 cm³/mol. The molecule has 3 fully saturated rings. The van der Waals surface area contributed by atoms with Gasteiger partial charge in [-0.2, -0.15) is 0 Å². The number of rotatable bonds is 5. The molecule has 0 spiro atoms. The zero-order valence-corrected chi connectivity index (χ0v) is 21.6. The number of nitrogens with zero attached hydrogens (tertiary/aromatic N) is 6. The van der Waals surface area contributed by atoms with Crippen molar-refractivity contribution in [3.8, 4) is 0 Å². The van der Waals surface area contributed by atoms with Crippen molar-refractivity contribution in [2.75, 3.05) is 31.1 Å². The molecule has 37 heavy (non-hydrogen) atoms. The summed E-state index contributed by atoms with van der Waals surface area (Å²) in [6.07, 6.45) is 13.5. The molecule has 0 amide bonds. The monoisotopic (exact) mass is 498 g/mol. The molecule has 7 heterocycles. The minimum Gasteiger partial charge on any atom is -0.374 e. The van der Waals surface area contributed by atoms with E-state index in [4.69, 9.17) is 9.72 Å². The van der Waals surface area contributed by atoms with Crippen molar-refractivity contribution in [3.05, 3.63) is 70.8 Å². The second-order valence-corrected chi connectivity index (χ2v) is 11.8. The number of morpholine rings is 1. The van der Waals surface area contributed by atoms with Crippen LogP contribution in [0.3, 0.4) is 0 Å². The molecule has 3 aliphatic rings. The van der Waals surface area contributed by atoms with E-state index in [1.54, 1.807) is 10.8 Å². The Morgan fingerprint density at radius 1 is 1.05 bits per heavy atom. The standard InChI is InChI=1S/C29H34N6O2/c1-29(2)6-9-32(10-7-29)14-20-3-4-27-31-21(17-34(27)15-20)16-33-8-5-24-25(28(33)36)12-30-13-26(24)35-18-23-11-22(35)19-37-23/h3-5,8,12-13,15,17,22-23H,6-7,9-11,14,16,18-19H2,1-2H3/t22-,23-/m0/s1. The molecule has 2 bridgehead atoms. The van der Waals surface area contributed by atoms with E-state index >= 15 is 0 Å². The summed E-state index contributed by atoms with van der Waals surface area (Å²) < 4.78 is 9.60. The van der Waals surface area contributed by atoms with Crippen LogP contribution in [0.15, 0.2) is 54.0 Å². The molecule has 192 valence electrons. The lowest BCUT2D eigenvalue weighted by Gasteiger charge is -2.36. The van der Waals surface area contributed by atoms with Crippen LogP contribution < -0.4 is 10.5 Å². The molecule has 0 aromatic carbocycles. The number of hydrogen-bond acceptors (Lipinski definition) is 6. The minimum atomic E-state index is -0.0294. The maximum Gasteiger partial charge on any atom is 0.260 e. The van der Waals surface area contributed by atoms with Crippen LogP contribution in [0.4, 0.5) is 5.69 Å². The molecule has 4 aromatic heterocycles. The summed E-state index contributed by atoms with van der Waals surface area (Å²) in [6, 6.07) is 6.69. The number of anilines is 1. The molecule has 0 aliphatic carbocycles. The molecule has 2 atom stereocenters. The Labute approximate surface area is 216 Å². The zero-order chi connectivity index (χ0) is 25.1. The lowest BCUT2D eigenvalue weighted by Crippen LogP contribution is -2.37. The van der Waals surface area contributed by atoms with Crippen molar-refractivity contribution >= 4 is 22.1 Å². The van der Waals surface area contributed by atoms with Gasteiger partial charge in [0, 0.05) is 43.3 Å². The second-order valence-electron chi connectivity index (χ2n) is 11.8. The van der Waals surface area contributed by atoms with Crippen molar-refractivity contribution in [1.29, 1.82) is 0 Å². The number of ether oxygens (including phenoxy) is 1. The third kappa shape index (κ3) is 4.22. The highest BCUT2D eigenvalue weighted by Crippen LogP contribution is 2.35. The van der Waals surface area contributed by atoms with E-state index in [9.17, 15) is 4.79 Å². The van der Waals surface area contributed by atoms with Gasteiger partial charge in [0.15, 0.2) is 0 Å². The highest BCUT2D eigenvalue weighted by molar-refractivity contribution is 5.93. The number of aromatic nitrogens is 4. The third-order valence-corrected chi connectivity index (χ3v) is 8.60. The van der Waals surface area contributed by atoms with Gasteiger partial charge in [-0.05, 0) is 55.5 Å². The van der Waals surface area contributed by atoms with E-state index in [1.807, 2.05) is 18.6 Å². The van der Waals surface area contributed by atoms with Crippen molar-refractivity contribution < 1.29 is 4.74 Å². The molecule has 0 unspecified atom stereocenters. The molecule has 8 nitrogen and oxygen atoms in total. The fourth-order valence-corrected chi connectivity index (χ4v) is 6.25. The van der Waals surface area contributed by atoms with Gasteiger partial charge in [0.05, 0.1) is 48.3 Å². The molecule has 4 aromatic rings. The van der Waals surface area contributed by atoms with Gasteiger partial charge >= 0.3 is 0 Å². The van der Waals surface area contributed by atoms with Crippen LogP contribution in [-0.4, -0.2) is 62.2 Å². The highest BCUT2D eigenvalue weighted by Gasteiger charge is 2.39. The number of hydrogen-bond donors (Lipinski definition) is 0. The zero-order valence-electron chi connectivity index (χ0n) is 21.6. The molecule has 0 saturated carbocycles. The van der Waals surface area contributed by atoms with Crippen LogP contribution in [0.2, 0.25) is 0 Å². The van der Waals surface area contributed by atoms with E-state index in [1.165, 1.54) is 18.4 Å². The quantitative estimate of drug-likeness (QED) is 0.418. The Morgan fingerprint density at radius 3 is 2.70 bits per heavy atom. The van der Waals surface area contributed by atoms with Crippen LogP contribution in [0.25, 0.3) is 16.4 Å². The van der Waals surface area contributed by atoms with Crippen molar-refractivity contribution in [2.24, 2.45) is 5.41 Å². The fraction of sp³-hybridized carbons (Fsp3) is 0.483. The Hall–Kier alpha value is -3.23. The van der Waals surface area contributed by atoms with E-state index in [-0.39, 0.29) is 5.56 Å². The highest BCUT2D eigenvalue weighted by atomic mass is 16.5. The third-order valence-electron chi connectivity index (χ3n) is 8.60. The van der Waals surface area contributed by atoms with Crippen LogP contribution in [0, 0.1) is 5.41 Å². The summed E-state index contributed by atoms with van der Waals surface area (Å²) in [5.41, 5.74) is 4.53. The Morgan fingerprint density at radius 2 is 1.92 bits per heavy atom. The largest absolute Gasteiger partial charge is 0.374 e. The summed E-state index contributed by atoms with van der Waals surface area (Å²) >= 11 is 0. The number of imidazole rings is 1. The number of fused-ring (bicyclic) bond motifs is 4. The van der Waals surface area contributed by atoms with Crippen molar-refractivity contribution in [1.82, 2.24) is 23.8 Å². The van der Waals surface area contributed by atoms with E-state index < -0.39 is 0 Å². The van der Waals surface area contributed by atoms with Gasteiger partial charge in [0.1, 0.15) is 5.65 Å². The lowest BCUT2D eigenvalue weighted by atomic mass is 9.82. The van der Waals surface area contributed by atoms with Gasteiger partial charge in [-0.3, -0.25) is 14.7 Å². The smallest absolute Gasteiger partial charge is 0.260 e. The first-order valence-corrected chi connectivity index (χ1v) is 13.5. The number of likely N-dealkylation sites (tertiary alicyclic amines) is 1. The van der Waals surface area contributed by atoms with Gasteiger partial charge < -0.3 is 18.6 Å². The Kier molecular flexibility index (Phi) is 5.37. The van der Waals surface area contributed by atoms with Gasteiger partial charge in [-0.15, -0.1) is 0 Å². The molecule has 0 radical (unpaired) electrons. The Balaban J connectivity index is 1.12. The van der Waals surface area contributed by atoms with E-state index in [2.05, 4.69) is 57.4 Å². The first-order valence-electron chi connectivity index (χ1n) is 13.5. The average molecular weight is 499 g/mol. The lowest BCUT2D eigenvalue weighted by molar-refractivity contribution is 0.0992. The van der Waals surface area contributed by atoms with Gasteiger partial charge in [0.2, 0.25) is 0 Å². The normalized spacial score (nSPS) is 23.5. The Bertz CT molecular complexity index is 1530. The minimum absolute atomic E-state index is 0.0294. The van der Waals surface area contributed by atoms with Crippen LogP contribution >= 0.6 is 0 Å². The fourth-order valence-electron chi connectivity index (χ4n) is 6.25. The molecular weight excluding hydrogens is 464 g/mol. The molecule has 0 N–H and O–H groups in total. The SMILES string of the molecule is CC1(C)CCN(Cc2ccc3nc(Cn4ccc5c(N6C[C@@H]7C[C@H]6CO7)cncc5c4=O)cn3c2)CC1. The average Bonchev–Trinajstić information content (AvgIpc) is 3.62. The van der Waals surface area contributed by atoms with Gasteiger partial charge in [-0.1, -0.05) is 19.9 Å². The van der Waals surface area contributed by atoms with Crippen molar-refractivity contribution in [3.63, 3.8) is 0 Å². The number of piperidine rings is 1. The van der Waals surface area contributed by atoms with Gasteiger partial charge in [0.25, 0.3) is 5.56 Å². The topological polar surface area (TPSA) is 67.9 Å². The van der Waals surface area contributed by atoms with Crippen LogP contribution in [0.5, 0.6) is 0 Å². The maximum atomic E-state index is 13.4. The summed E-state index contributed by atoms with van der Waals surface area (Å²) in [4.78, 5) is 27.6. The predicted octanol–water partition coefficient (Wildman–Crippen LogP) is 3.69. The molecule has 3 aliphatic heterocycles. The molecule has 7 rings (SSSR count). The van der Waals surface area contributed by atoms with Crippen LogP contribution in [-0.2, 0) is 17.8 Å². The summed E-state index contributed by atoms with van der Waals surface area (Å²) in [5, 5.41) is 1.61. The maximum absolute atomic E-state index is 13.4. The molecule has 3 saturated heterocycles. The summed E-state index contributed by atoms with van der Waals surface area (Å²) in [7, 11) is 0. The molecule has 8 heteroatoms. The van der Waals surface area contributed by atoms with Gasteiger partial charge in [-0.25, -0.2) is 4.98 Å². The second kappa shape index (κ2) is 8.67. The summed E-state index contributed by atoms with van der Waals surface area (Å²) in [6.45, 7) is 10.0. The van der Waals surface area contributed by atoms with Crippen LogP contribution in [0.1, 0.15) is 44.4 Å². The van der Waals surface area contributed by atoms with E-state index in [0.717, 1.165) is 61.6 Å². The van der Waals surface area contributed by atoms with Crippen molar-refractivity contribution in [2.45, 2.75) is 58.3 Å². The first kappa shape index (κ1) is 22.9. The first-order chi connectivity index (χ1) is 17.9.